The maximum atomic E-state index is 13.8. The van der Waals surface area contributed by atoms with E-state index in [1.165, 1.54) is 41.3 Å². The Kier molecular flexibility index (Phi) is 10.7. The summed E-state index contributed by atoms with van der Waals surface area (Å²) < 4.78 is 47.8. The molecule has 0 bridgehead atoms. The van der Waals surface area contributed by atoms with Crippen LogP contribution in [0.2, 0.25) is 0 Å². The molecular formula is C30H36FN3O5S. The zero-order valence-electron chi connectivity index (χ0n) is 23.3. The van der Waals surface area contributed by atoms with E-state index >= 15 is 0 Å². The molecule has 3 aromatic rings. The van der Waals surface area contributed by atoms with Crippen LogP contribution in [0.15, 0.2) is 77.7 Å². The zero-order chi connectivity index (χ0) is 29.3. The average Bonchev–Trinajstić information content (AvgIpc) is 2.94. The molecule has 0 aliphatic rings. The van der Waals surface area contributed by atoms with E-state index < -0.39 is 34.3 Å². The molecule has 10 heteroatoms. The van der Waals surface area contributed by atoms with Gasteiger partial charge in [-0.25, -0.2) is 12.8 Å². The van der Waals surface area contributed by atoms with Gasteiger partial charge in [-0.1, -0.05) is 36.8 Å². The Morgan fingerprint density at radius 2 is 1.57 bits per heavy atom. The minimum Gasteiger partial charge on any atom is -0.494 e. The SMILES string of the molecule is CCCNC(=O)[C@H](C)N(Cc1ccc(C)cc1)C(=O)CN(c1ccc(F)cc1)S(=O)(=O)c1ccc(OCC)cc1. The van der Waals surface area contributed by atoms with Crippen LogP contribution in [0.3, 0.4) is 0 Å². The smallest absolute Gasteiger partial charge is 0.264 e. The summed E-state index contributed by atoms with van der Waals surface area (Å²) in [7, 11) is -4.26. The van der Waals surface area contributed by atoms with Gasteiger partial charge in [0.25, 0.3) is 10.0 Å². The first kappa shape index (κ1) is 30.6. The first-order valence-electron chi connectivity index (χ1n) is 13.2. The number of aryl methyl sites for hydroxylation is 1. The summed E-state index contributed by atoms with van der Waals surface area (Å²) in [5.41, 5.74) is 1.94. The molecule has 2 amide bonds. The first-order valence-corrected chi connectivity index (χ1v) is 14.6. The number of benzene rings is 3. The van der Waals surface area contributed by atoms with Crippen LogP contribution in [0.25, 0.3) is 0 Å². The molecule has 3 rings (SSSR count). The molecule has 1 N–H and O–H groups in total. The van der Waals surface area contributed by atoms with Gasteiger partial charge >= 0.3 is 0 Å². The third-order valence-electron chi connectivity index (χ3n) is 6.31. The van der Waals surface area contributed by atoms with E-state index in [0.717, 1.165) is 34.0 Å². The molecule has 0 aliphatic carbocycles. The molecule has 0 fully saturated rings. The summed E-state index contributed by atoms with van der Waals surface area (Å²) in [5.74, 6) is -0.971. The number of amides is 2. The Bertz CT molecular complexity index is 1380. The zero-order valence-corrected chi connectivity index (χ0v) is 24.1. The highest BCUT2D eigenvalue weighted by atomic mass is 32.2. The molecule has 0 heterocycles. The van der Waals surface area contributed by atoms with Crippen molar-refractivity contribution < 1.29 is 27.1 Å². The summed E-state index contributed by atoms with van der Waals surface area (Å²) in [4.78, 5) is 28.0. The molecule has 0 unspecified atom stereocenters. The van der Waals surface area contributed by atoms with Gasteiger partial charge in [-0.3, -0.25) is 13.9 Å². The highest BCUT2D eigenvalue weighted by Gasteiger charge is 2.32. The van der Waals surface area contributed by atoms with E-state index in [1.54, 1.807) is 6.92 Å². The van der Waals surface area contributed by atoms with Crippen molar-refractivity contribution in [3.05, 3.63) is 89.7 Å². The number of halogens is 1. The number of sulfonamides is 1. The number of hydrogen-bond donors (Lipinski definition) is 1. The Labute approximate surface area is 235 Å². The number of carbonyl (C=O) groups is 2. The molecule has 0 aliphatic heterocycles. The van der Waals surface area contributed by atoms with E-state index in [9.17, 15) is 22.4 Å². The number of nitrogens with zero attached hydrogens (tertiary/aromatic N) is 2. The molecule has 0 aromatic heterocycles. The number of anilines is 1. The molecule has 0 saturated heterocycles. The number of hydrogen-bond acceptors (Lipinski definition) is 5. The maximum absolute atomic E-state index is 13.8. The van der Waals surface area contributed by atoms with Gasteiger partial charge in [-0.05, 0) is 81.3 Å². The van der Waals surface area contributed by atoms with Crippen molar-refractivity contribution in [1.82, 2.24) is 10.2 Å². The van der Waals surface area contributed by atoms with Gasteiger partial charge in [0, 0.05) is 13.1 Å². The second-order valence-electron chi connectivity index (χ2n) is 9.37. The van der Waals surface area contributed by atoms with Crippen LogP contribution < -0.4 is 14.4 Å². The highest BCUT2D eigenvalue weighted by molar-refractivity contribution is 7.92. The molecule has 40 heavy (non-hydrogen) atoms. The van der Waals surface area contributed by atoms with Gasteiger partial charge < -0.3 is 15.0 Å². The molecular weight excluding hydrogens is 533 g/mol. The Morgan fingerprint density at radius 1 is 0.950 bits per heavy atom. The normalized spacial score (nSPS) is 11.9. The number of ether oxygens (including phenoxy) is 1. The van der Waals surface area contributed by atoms with Crippen molar-refractivity contribution in [2.24, 2.45) is 0 Å². The standard InChI is InChI=1S/C30H36FN3O5S/c1-5-19-32-30(36)23(4)33(20-24-9-7-22(3)8-10-24)29(35)21-34(26-13-11-25(31)12-14-26)40(37,38)28-17-15-27(16-18-28)39-6-2/h7-18,23H,5-6,19-21H2,1-4H3,(H,32,36)/t23-/m0/s1. The predicted octanol–water partition coefficient (Wildman–Crippen LogP) is 4.67. The third-order valence-corrected chi connectivity index (χ3v) is 8.09. The molecule has 214 valence electrons. The second kappa shape index (κ2) is 13.9. The minimum absolute atomic E-state index is 0.0631. The summed E-state index contributed by atoms with van der Waals surface area (Å²) in [6.07, 6.45) is 0.725. The number of nitrogens with one attached hydrogen (secondary N) is 1. The molecule has 0 spiro atoms. The Morgan fingerprint density at radius 3 is 2.15 bits per heavy atom. The first-order chi connectivity index (χ1) is 19.1. The van der Waals surface area contributed by atoms with Gasteiger partial charge in [0.05, 0.1) is 17.2 Å². The fraction of sp³-hybridized carbons (Fsp3) is 0.333. The molecule has 8 nitrogen and oxygen atoms in total. The fourth-order valence-electron chi connectivity index (χ4n) is 4.01. The topological polar surface area (TPSA) is 96.0 Å². The number of carbonyl (C=O) groups excluding carboxylic acids is 2. The predicted molar refractivity (Wildman–Crippen MR) is 153 cm³/mol. The van der Waals surface area contributed by atoms with Crippen molar-refractivity contribution in [2.75, 3.05) is 24.0 Å². The van der Waals surface area contributed by atoms with Gasteiger partial charge in [0.15, 0.2) is 0 Å². The monoisotopic (exact) mass is 569 g/mol. The van der Waals surface area contributed by atoms with E-state index in [0.29, 0.717) is 18.9 Å². The van der Waals surface area contributed by atoms with Gasteiger partial charge in [0.2, 0.25) is 11.8 Å². The lowest BCUT2D eigenvalue weighted by atomic mass is 10.1. The van der Waals surface area contributed by atoms with Crippen LogP contribution in [0.5, 0.6) is 5.75 Å². The van der Waals surface area contributed by atoms with Crippen LogP contribution in [-0.4, -0.2) is 50.9 Å². The minimum atomic E-state index is -4.26. The molecule has 1 atom stereocenters. The summed E-state index contributed by atoms with van der Waals surface area (Å²) >= 11 is 0. The second-order valence-corrected chi connectivity index (χ2v) is 11.2. The van der Waals surface area contributed by atoms with Crippen molar-refractivity contribution in [3.8, 4) is 5.75 Å². The van der Waals surface area contributed by atoms with Crippen LogP contribution in [0.4, 0.5) is 10.1 Å². The van der Waals surface area contributed by atoms with E-state index in [-0.39, 0.29) is 23.0 Å². The van der Waals surface area contributed by atoms with Crippen molar-refractivity contribution in [3.63, 3.8) is 0 Å². The average molecular weight is 570 g/mol. The van der Waals surface area contributed by atoms with Crippen LogP contribution in [0.1, 0.15) is 38.3 Å². The molecule has 3 aromatic carbocycles. The summed E-state index contributed by atoms with van der Waals surface area (Å²) in [6.45, 7) is 7.66. The van der Waals surface area contributed by atoms with Crippen molar-refractivity contribution in [1.29, 1.82) is 0 Å². The Balaban J connectivity index is 2.00. The quantitative estimate of drug-likeness (QED) is 0.323. The van der Waals surface area contributed by atoms with Crippen LogP contribution in [-0.2, 0) is 26.2 Å². The molecule has 0 saturated carbocycles. The largest absolute Gasteiger partial charge is 0.494 e. The van der Waals surface area contributed by atoms with E-state index in [4.69, 9.17) is 4.74 Å². The van der Waals surface area contributed by atoms with Gasteiger partial charge in [-0.15, -0.1) is 0 Å². The van der Waals surface area contributed by atoms with Crippen LogP contribution in [0, 0.1) is 12.7 Å². The summed E-state index contributed by atoms with van der Waals surface area (Å²) in [6, 6.07) is 17.4. The van der Waals surface area contributed by atoms with Gasteiger partial charge in [0.1, 0.15) is 24.2 Å². The lowest BCUT2D eigenvalue weighted by molar-refractivity contribution is -0.139. The molecule has 0 radical (unpaired) electrons. The summed E-state index contributed by atoms with van der Waals surface area (Å²) in [5, 5.41) is 2.81. The van der Waals surface area contributed by atoms with Gasteiger partial charge in [-0.2, -0.15) is 0 Å². The van der Waals surface area contributed by atoms with Crippen LogP contribution >= 0.6 is 0 Å². The Hall–Kier alpha value is -3.92. The third kappa shape index (κ3) is 7.81. The van der Waals surface area contributed by atoms with E-state index in [2.05, 4.69) is 5.32 Å². The fourth-order valence-corrected chi connectivity index (χ4v) is 5.42. The van der Waals surface area contributed by atoms with E-state index in [1.807, 2.05) is 45.0 Å². The lowest BCUT2D eigenvalue weighted by Crippen LogP contribution is -2.51. The number of rotatable bonds is 13. The maximum Gasteiger partial charge on any atom is 0.264 e. The lowest BCUT2D eigenvalue weighted by Gasteiger charge is -2.32. The van der Waals surface area contributed by atoms with Crippen molar-refractivity contribution >= 4 is 27.5 Å². The van der Waals surface area contributed by atoms with Crippen molar-refractivity contribution in [2.45, 2.75) is 51.6 Å². The highest BCUT2D eigenvalue weighted by Crippen LogP contribution is 2.26.